The minimum atomic E-state index is -0.180. The number of benzene rings is 2. The normalized spacial score (nSPS) is 11.9. The van der Waals surface area contributed by atoms with Crippen molar-refractivity contribution in [2.24, 2.45) is 5.73 Å². The topological polar surface area (TPSA) is 105 Å². The number of tetrazole rings is 1. The molecular weight excluding hydrogens is 350 g/mol. The van der Waals surface area contributed by atoms with E-state index in [0.29, 0.717) is 18.7 Å². The molecule has 7 nitrogen and oxygen atoms in total. The Balaban J connectivity index is 1.87. The van der Waals surface area contributed by atoms with Gasteiger partial charge in [0.2, 0.25) is 0 Å². The van der Waals surface area contributed by atoms with Crippen LogP contribution in [0, 0.1) is 11.3 Å². The van der Waals surface area contributed by atoms with Crippen LogP contribution in [0.5, 0.6) is 0 Å². The van der Waals surface area contributed by atoms with Crippen molar-refractivity contribution in [2.75, 3.05) is 0 Å². The van der Waals surface area contributed by atoms with Crippen LogP contribution < -0.4 is 11.1 Å². The maximum atomic E-state index is 9.08. The van der Waals surface area contributed by atoms with E-state index in [9.17, 15) is 0 Å². The summed E-state index contributed by atoms with van der Waals surface area (Å²) in [5.74, 6) is 0.771. The van der Waals surface area contributed by atoms with E-state index >= 15 is 0 Å². The molecule has 0 aliphatic rings. The summed E-state index contributed by atoms with van der Waals surface area (Å²) < 4.78 is 1.86. The second-order valence-electron chi connectivity index (χ2n) is 6.69. The molecule has 3 rings (SSSR count). The van der Waals surface area contributed by atoms with Gasteiger partial charge < -0.3 is 5.73 Å². The average Bonchev–Trinajstić information content (AvgIpc) is 3.21. The lowest BCUT2D eigenvalue weighted by Crippen LogP contribution is -2.26. The van der Waals surface area contributed by atoms with Gasteiger partial charge in [0.25, 0.3) is 0 Å². The van der Waals surface area contributed by atoms with Crippen molar-refractivity contribution in [3.8, 4) is 6.07 Å². The quantitative estimate of drug-likeness (QED) is 0.596. The minimum Gasteiger partial charge on any atom is -0.326 e. The lowest BCUT2D eigenvalue weighted by atomic mass is 10.0. The number of rotatable bonds is 9. The van der Waals surface area contributed by atoms with Crippen LogP contribution >= 0.6 is 0 Å². The van der Waals surface area contributed by atoms with Crippen LogP contribution in [-0.2, 0) is 19.6 Å². The van der Waals surface area contributed by atoms with Crippen molar-refractivity contribution >= 4 is 0 Å². The van der Waals surface area contributed by atoms with Crippen molar-refractivity contribution in [1.82, 2.24) is 25.5 Å². The number of nitrogens with two attached hydrogens (primary N) is 1. The van der Waals surface area contributed by atoms with Gasteiger partial charge in [-0.15, -0.1) is 5.10 Å². The highest BCUT2D eigenvalue weighted by Gasteiger charge is 2.21. The van der Waals surface area contributed by atoms with E-state index in [1.165, 1.54) is 0 Å². The number of aromatic nitrogens is 4. The summed E-state index contributed by atoms with van der Waals surface area (Å²) >= 11 is 0. The molecule has 3 aromatic rings. The first-order chi connectivity index (χ1) is 13.7. The fourth-order valence-corrected chi connectivity index (χ4v) is 3.08. The molecule has 0 fully saturated rings. The Kier molecular flexibility index (Phi) is 6.84. The predicted molar refractivity (Wildman–Crippen MR) is 107 cm³/mol. The first-order valence-electron chi connectivity index (χ1n) is 9.52. The Morgan fingerprint density at radius 1 is 1.18 bits per heavy atom. The molecule has 1 unspecified atom stereocenters. The molecule has 0 aliphatic carbocycles. The van der Waals surface area contributed by atoms with Crippen LogP contribution in [0.3, 0.4) is 0 Å². The molecule has 0 bridgehead atoms. The largest absolute Gasteiger partial charge is 0.326 e. The molecule has 3 N–H and O–H groups in total. The van der Waals surface area contributed by atoms with Crippen LogP contribution in [-0.4, -0.2) is 20.2 Å². The van der Waals surface area contributed by atoms with E-state index < -0.39 is 0 Å². The number of nitrogens with zero attached hydrogens (tertiary/aromatic N) is 5. The van der Waals surface area contributed by atoms with Gasteiger partial charge in [-0.05, 0) is 45.7 Å². The molecule has 0 amide bonds. The molecule has 144 valence electrons. The summed E-state index contributed by atoms with van der Waals surface area (Å²) in [4.78, 5) is 0. The second kappa shape index (κ2) is 9.74. The van der Waals surface area contributed by atoms with Gasteiger partial charge in [-0.2, -0.15) is 5.26 Å². The molecule has 0 spiro atoms. The maximum absolute atomic E-state index is 9.08. The average molecular weight is 375 g/mol. The molecule has 0 aliphatic heterocycles. The first-order valence-corrected chi connectivity index (χ1v) is 9.52. The summed E-state index contributed by atoms with van der Waals surface area (Å²) in [6.07, 6.45) is 2.08. The van der Waals surface area contributed by atoms with Crippen LogP contribution in [0.4, 0.5) is 0 Å². The number of hydrogen-bond donors (Lipinski definition) is 2. The van der Waals surface area contributed by atoms with Crippen molar-refractivity contribution in [1.29, 1.82) is 5.26 Å². The van der Waals surface area contributed by atoms with E-state index in [1.54, 1.807) is 0 Å². The summed E-state index contributed by atoms with van der Waals surface area (Å²) in [6, 6.07) is 17.7. The highest BCUT2D eigenvalue weighted by Crippen LogP contribution is 2.21. The summed E-state index contributed by atoms with van der Waals surface area (Å²) in [5.41, 5.74) is 9.65. The summed E-state index contributed by atoms with van der Waals surface area (Å²) in [6.45, 7) is 4.09. The summed E-state index contributed by atoms with van der Waals surface area (Å²) in [5, 5.41) is 25.0. The first kappa shape index (κ1) is 19.7. The Morgan fingerprint density at radius 3 is 2.68 bits per heavy atom. The molecule has 0 saturated heterocycles. The molecule has 2 aromatic carbocycles. The molecule has 1 aromatic heterocycles. The molecule has 7 heteroatoms. The van der Waals surface area contributed by atoms with Crippen molar-refractivity contribution in [2.45, 2.75) is 45.4 Å². The van der Waals surface area contributed by atoms with E-state index in [1.807, 2.05) is 41.1 Å². The third-order valence-electron chi connectivity index (χ3n) is 4.65. The zero-order chi connectivity index (χ0) is 19.8. The maximum Gasteiger partial charge on any atom is 0.172 e. The zero-order valence-electron chi connectivity index (χ0n) is 16.0. The predicted octanol–water partition coefficient (Wildman–Crippen LogP) is 2.68. The van der Waals surface area contributed by atoms with Crippen molar-refractivity contribution in [3.05, 3.63) is 76.6 Å². The smallest absolute Gasteiger partial charge is 0.172 e. The lowest BCUT2D eigenvalue weighted by molar-refractivity contribution is 0.488. The number of hydrogen-bond acceptors (Lipinski definition) is 6. The Labute approximate surface area is 165 Å². The van der Waals surface area contributed by atoms with Crippen LogP contribution in [0.25, 0.3) is 0 Å². The van der Waals surface area contributed by atoms with Crippen molar-refractivity contribution in [3.63, 3.8) is 0 Å². The van der Waals surface area contributed by atoms with Gasteiger partial charge in [0.1, 0.15) is 0 Å². The molecule has 1 atom stereocenters. The molecule has 0 radical (unpaired) electrons. The SMILES string of the molecule is CCCCn1nnnc1C(NCc1cccc(CN)c1)c1ccc(C#N)cc1. The lowest BCUT2D eigenvalue weighted by Gasteiger charge is -2.19. The van der Waals surface area contributed by atoms with Crippen LogP contribution in [0.15, 0.2) is 48.5 Å². The fourth-order valence-electron chi connectivity index (χ4n) is 3.08. The number of aryl methyl sites for hydroxylation is 1. The Hall–Kier alpha value is -3.08. The standard InChI is InChI=1S/C21H25N7/c1-2-3-11-28-21(25-26-27-28)20(19-9-7-16(13-22)8-10-19)24-15-18-6-4-5-17(12-18)14-23/h4-10,12,20,24H,2-3,11,14-15,23H2,1H3. The van der Waals surface area contributed by atoms with E-state index in [-0.39, 0.29) is 6.04 Å². The second-order valence-corrected chi connectivity index (χ2v) is 6.69. The van der Waals surface area contributed by atoms with Crippen molar-refractivity contribution < 1.29 is 0 Å². The van der Waals surface area contributed by atoms with E-state index in [2.05, 4.69) is 46.0 Å². The number of nitriles is 1. The highest BCUT2D eigenvalue weighted by molar-refractivity contribution is 5.35. The number of nitrogens with one attached hydrogen (secondary N) is 1. The van der Waals surface area contributed by atoms with Gasteiger partial charge in [-0.25, -0.2) is 4.68 Å². The van der Waals surface area contributed by atoms with E-state index in [0.717, 1.165) is 41.9 Å². The Bertz CT molecular complexity index is 924. The molecule has 28 heavy (non-hydrogen) atoms. The Morgan fingerprint density at radius 2 is 1.96 bits per heavy atom. The van der Waals surface area contributed by atoms with Gasteiger partial charge >= 0.3 is 0 Å². The zero-order valence-corrected chi connectivity index (χ0v) is 16.0. The molecule has 1 heterocycles. The van der Waals surface area contributed by atoms with Gasteiger partial charge in [0.15, 0.2) is 5.82 Å². The van der Waals surface area contributed by atoms with E-state index in [4.69, 9.17) is 11.0 Å². The molecule has 0 saturated carbocycles. The fraction of sp³-hybridized carbons (Fsp3) is 0.333. The van der Waals surface area contributed by atoms with Crippen LogP contribution in [0.1, 0.15) is 53.9 Å². The summed E-state index contributed by atoms with van der Waals surface area (Å²) in [7, 11) is 0. The third-order valence-corrected chi connectivity index (χ3v) is 4.65. The van der Waals surface area contributed by atoms with Gasteiger partial charge in [-0.3, -0.25) is 5.32 Å². The van der Waals surface area contributed by atoms with Gasteiger partial charge in [0.05, 0.1) is 17.7 Å². The number of unbranched alkanes of at least 4 members (excludes halogenated alkanes) is 1. The highest BCUT2D eigenvalue weighted by atomic mass is 15.5. The van der Waals surface area contributed by atoms with Gasteiger partial charge in [-0.1, -0.05) is 49.7 Å². The van der Waals surface area contributed by atoms with Gasteiger partial charge in [0, 0.05) is 19.6 Å². The van der Waals surface area contributed by atoms with Crippen LogP contribution in [0.2, 0.25) is 0 Å². The third kappa shape index (κ3) is 4.80. The minimum absolute atomic E-state index is 0.180. The monoisotopic (exact) mass is 375 g/mol. The molecular formula is C21H25N7.